The van der Waals surface area contributed by atoms with Gasteiger partial charge < -0.3 is 14.2 Å². The number of imide groups is 2. The summed E-state index contributed by atoms with van der Waals surface area (Å²) >= 11 is 8.07. The number of aryl methyl sites for hydroxylation is 1. The number of rotatable bonds is 9. The van der Waals surface area contributed by atoms with Gasteiger partial charge in [0.25, 0.3) is 11.8 Å². The maximum absolute atomic E-state index is 13.4. The quantitative estimate of drug-likeness (QED) is 0.113. The van der Waals surface area contributed by atoms with E-state index in [1.165, 1.54) is 13.2 Å². The van der Waals surface area contributed by atoms with Crippen LogP contribution in [-0.2, 0) is 22.8 Å². The summed E-state index contributed by atoms with van der Waals surface area (Å²) in [6.45, 7) is 2.68. The van der Waals surface area contributed by atoms with Gasteiger partial charge in [-0.3, -0.25) is 14.9 Å². The molecule has 10 heteroatoms. The number of hydrogen-bond acceptors (Lipinski definition) is 6. The van der Waals surface area contributed by atoms with Crippen LogP contribution in [0.15, 0.2) is 90.5 Å². The lowest BCUT2D eigenvalue weighted by molar-refractivity contribution is -0.122. The van der Waals surface area contributed by atoms with Crippen molar-refractivity contribution in [2.24, 2.45) is 0 Å². The third-order valence-corrected chi connectivity index (χ3v) is 7.64. The molecule has 5 rings (SSSR count). The maximum atomic E-state index is 13.4. The molecule has 8 nitrogen and oxygen atoms in total. The topological polar surface area (TPSA) is 94.2 Å². The normalized spacial score (nSPS) is 14.1. The molecule has 0 aliphatic carbocycles. The predicted molar refractivity (Wildman–Crippen MR) is 172 cm³/mol. The Hall–Kier alpha value is -4.35. The zero-order valence-corrected chi connectivity index (χ0v) is 26.1. The number of methoxy groups -OCH3 is 1. The van der Waals surface area contributed by atoms with Crippen molar-refractivity contribution < 1.29 is 28.6 Å². The Morgan fingerprint density at radius 3 is 2.14 bits per heavy atom. The third kappa shape index (κ3) is 7.18. The van der Waals surface area contributed by atoms with Gasteiger partial charge in [0, 0.05) is 5.02 Å². The largest absolute Gasteiger partial charge is 0.493 e. The van der Waals surface area contributed by atoms with E-state index >= 15 is 0 Å². The first-order valence-electron chi connectivity index (χ1n) is 13.2. The molecule has 0 radical (unpaired) electrons. The second-order valence-corrected chi connectivity index (χ2v) is 11.3. The molecule has 0 atom stereocenters. The number of carbonyl (C=O) groups is 3. The minimum absolute atomic E-state index is 0.202. The third-order valence-electron chi connectivity index (χ3n) is 6.58. The van der Waals surface area contributed by atoms with Gasteiger partial charge in [-0.25, -0.2) is 9.69 Å². The van der Waals surface area contributed by atoms with Crippen molar-refractivity contribution in [1.82, 2.24) is 5.32 Å². The fraction of sp³-hybridized carbons (Fsp3) is 0.121. The highest BCUT2D eigenvalue weighted by Crippen LogP contribution is 2.36. The molecule has 1 aliphatic rings. The number of benzene rings is 4. The molecule has 1 N–H and O–H groups in total. The summed E-state index contributed by atoms with van der Waals surface area (Å²) < 4.78 is 18.1. The van der Waals surface area contributed by atoms with Crippen LogP contribution in [0.5, 0.6) is 17.2 Å². The Morgan fingerprint density at radius 2 is 1.49 bits per heavy atom. The molecule has 0 aromatic heterocycles. The molecular weight excluding hydrogens is 683 g/mol. The minimum atomic E-state index is -0.835. The molecule has 4 amide bonds. The molecule has 218 valence electrons. The van der Waals surface area contributed by atoms with Gasteiger partial charge in [0.1, 0.15) is 24.5 Å². The van der Waals surface area contributed by atoms with Crippen LogP contribution in [0.2, 0.25) is 5.02 Å². The first-order chi connectivity index (χ1) is 20.7. The highest BCUT2D eigenvalue weighted by Gasteiger charge is 2.37. The Morgan fingerprint density at radius 1 is 0.860 bits per heavy atom. The number of nitrogens with one attached hydrogen (secondary N) is 1. The van der Waals surface area contributed by atoms with E-state index in [0.717, 1.165) is 21.6 Å². The van der Waals surface area contributed by atoms with E-state index in [1.54, 1.807) is 48.5 Å². The molecule has 1 saturated heterocycles. The molecule has 0 bridgehead atoms. The lowest BCUT2D eigenvalue weighted by atomic mass is 10.1. The Labute approximate surface area is 267 Å². The standard InChI is InChI=1S/C33H26ClIN2O6/c1-20-3-5-21(6-4-20)18-42-26-13-11-25(12-14-26)37-32(39)27(31(38)36-33(37)40)15-23-16-28(35)30(29(17-23)41-2)43-19-22-7-9-24(34)10-8-22/h3-17H,18-19H2,1-2H3,(H,36,38,40)/b27-15+. The van der Waals surface area contributed by atoms with Crippen LogP contribution < -0.4 is 24.4 Å². The van der Waals surface area contributed by atoms with Crippen molar-refractivity contribution in [3.8, 4) is 17.2 Å². The average molecular weight is 709 g/mol. The number of amides is 4. The van der Waals surface area contributed by atoms with Crippen LogP contribution >= 0.6 is 34.2 Å². The zero-order valence-electron chi connectivity index (χ0n) is 23.2. The molecule has 0 unspecified atom stereocenters. The smallest absolute Gasteiger partial charge is 0.335 e. The van der Waals surface area contributed by atoms with Gasteiger partial charge in [0.15, 0.2) is 11.5 Å². The molecule has 0 saturated carbocycles. The minimum Gasteiger partial charge on any atom is -0.493 e. The SMILES string of the molecule is COc1cc(/C=C2\C(=O)NC(=O)N(c3ccc(OCc4ccc(C)cc4)cc3)C2=O)cc(I)c1OCc1ccc(Cl)cc1. The monoisotopic (exact) mass is 708 g/mol. The first kappa shape index (κ1) is 30.1. The molecular formula is C33H26ClIN2O6. The molecule has 43 heavy (non-hydrogen) atoms. The van der Waals surface area contributed by atoms with Crippen molar-refractivity contribution in [3.63, 3.8) is 0 Å². The number of barbiturate groups is 1. The molecule has 4 aromatic carbocycles. The van der Waals surface area contributed by atoms with E-state index in [4.69, 9.17) is 25.8 Å². The second-order valence-electron chi connectivity index (χ2n) is 9.68. The average Bonchev–Trinajstić information content (AvgIpc) is 2.99. The number of hydrogen-bond donors (Lipinski definition) is 1. The van der Waals surface area contributed by atoms with Gasteiger partial charge in [-0.15, -0.1) is 0 Å². The molecule has 1 heterocycles. The zero-order chi connectivity index (χ0) is 30.5. The van der Waals surface area contributed by atoms with Crippen molar-refractivity contribution in [2.45, 2.75) is 20.1 Å². The van der Waals surface area contributed by atoms with Crippen LogP contribution in [0.1, 0.15) is 22.3 Å². The van der Waals surface area contributed by atoms with Gasteiger partial charge in [-0.05, 0) is 101 Å². The summed E-state index contributed by atoms with van der Waals surface area (Å²) in [6.07, 6.45) is 1.42. The summed E-state index contributed by atoms with van der Waals surface area (Å²) in [5, 5.41) is 2.89. The van der Waals surface area contributed by atoms with Crippen LogP contribution in [0.4, 0.5) is 10.5 Å². The predicted octanol–water partition coefficient (Wildman–Crippen LogP) is 7.09. The Bertz CT molecular complexity index is 1700. The Kier molecular flexibility index (Phi) is 9.32. The van der Waals surface area contributed by atoms with E-state index in [2.05, 4.69) is 27.9 Å². The van der Waals surface area contributed by atoms with E-state index in [-0.39, 0.29) is 12.2 Å². The van der Waals surface area contributed by atoms with Crippen LogP contribution in [0.25, 0.3) is 6.08 Å². The van der Waals surface area contributed by atoms with Crippen molar-refractivity contribution >= 4 is 63.8 Å². The van der Waals surface area contributed by atoms with Crippen molar-refractivity contribution in [1.29, 1.82) is 0 Å². The summed E-state index contributed by atoms with van der Waals surface area (Å²) in [4.78, 5) is 39.8. The van der Waals surface area contributed by atoms with E-state index < -0.39 is 17.8 Å². The fourth-order valence-electron chi connectivity index (χ4n) is 4.30. The number of nitrogens with zero attached hydrogens (tertiary/aromatic N) is 1. The van der Waals surface area contributed by atoms with Crippen LogP contribution in [-0.4, -0.2) is 25.0 Å². The molecule has 0 spiro atoms. The summed E-state index contributed by atoms with van der Waals surface area (Å²) in [6, 6.07) is 24.4. The molecule has 4 aromatic rings. The fourth-order valence-corrected chi connectivity index (χ4v) is 5.21. The Balaban J connectivity index is 1.33. The molecule has 1 fully saturated rings. The summed E-state index contributed by atoms with van der Waals surface area (Å²) in [7, 11) is 1.50. The highest BCUT2D eigenvalue weighted by atomic mass is 127. The number of carbonyl (C=O) groups excluding carboxylic acids is 3. The van der Waals surface area contributed by atoms with Gasteiger partial charge in [-0.1, -0.05) is 53.6 Å². The van der Waals surface area contributed by atoms with Gasteiger partial charge in [-0.2, -0.15) is 0 Å². The second kappa shape index (κ2) is 13.3. The maximum Gasteiger partial charge on any atom is 0.335 e. The van der Waals surface area contributed by atoms with Gasteiger partial charge >= 0.3 is 6.03 Å². The number of ether oxygens (including phenoxy) is 3. The van der Waals surface area contributed by atoms with E-state index in [1.807, 2.05) is 43.3 Å². The van der Waals surface area contributed by atoms with Crippen molar-refractivity contribution in [2.75, 3.05) is 12.0 Å². The first-order valence-corrected chi connectivity index (χ1v) is 14.6. The van der Waals surface area contributed by atoms with Crippen LogP contribution in [0.3, 0.4) is 0 Å². The van der Waals surface area contributed by atoms with E-state index in [9.17, 15) is 14.4 Å². The van der Waals surface area contributed by atoms with Crippen LogP contribution in [0, 0.1) is 10.5 Å². The lowest BCUT2D eigenvalue weighted by Gasteiger charge is -2.26. The van der Waals surface area contributed by atoms with Crippen molar-refractivity contribution in [3.05, 3.63) is 121 Å². The van der Waals surface area contributed by atoms with Gasteiger partial charge in [0.2, 0.25) is 0 Å². The van der Waals surface area contributed by atoms with E-state index in [0.29, 0.717) is 43.7 Å². The van der Waals surface area contributed by atoms with Gasteiger partial charge in [0.05, 0.1) is 16.4 Å². The lowest BCUT2D eigenvalue weighted by Crippen LogP contribution is -2.54. The number of halogens is 2. The highest BCUT2D eigenvalue weighted by molar-refractivity contribution is 14.1. The number of anilines is 1. The number of urea groups is 1. The summed E-state index contributed by atoms with van der Waals surface area (Å²) in [5.74, 6) is -0.0341. The summed E-state index contributed by atoms with van der Waals surface area (Å²) in [5.41, 5.74) is 3.71. The molecule has 1 aliphatic heterocycles.